The number of thiazole rings is 1. The molecule has 1 amide bonds. The second-order valence-electron chi connectivity index (χ2n) is 5.83. The van der Waals surface area contributed by atoms with Crippen LogP contribution in [0.2, 0.25) is 0 Å². The number of hydrogen-bond acceptors (Lipinski definition) is 6. The zero-order chi connectivity index (χ0) is 17.5. The third-order valence-corrected chi connectivity index (χ3v) is 6.10. The van der Waals surface area contributed by atoms with Gasteiger partial charge in [0, 0.05) is 16.0 Å². The molecule has 0 radical (unpaired) electrons. The molecule has 25 heavy (non-hydrogen) atoms. The summed E-state index contributed by atoms with van der Waals surface area (Å²) < 4.78 is 5.42. The van der Waals surface area contributed by atoms with Crippen LogP contribution in [0.15, 0.2) is 35.4 Å². The number of rotatable bonds is 7. The van der Waals surface area contributed by atoms with Crippen LogP contribution in [0.25, 0.3) is 0 Å². The molecule has 0 saturated carbocycles. The molecule has 0 bridgehead atoms. The number of nitrogens with one attached hydrogen (secondary N) is 2. The second kappa shape index (κ2) is 9.22. The Bertz CT molecular complexity index is 682. The number of amides is 1. The lowest BCUT2D eigenvalue weighted by Crippen LogP contribution is -2.26. The number of nitrogens with zero attached hydrogens (tertiary/aromatic N) is 1. The molecule has 5 nitrogen and oxygen atoms in total. The molecule has 2 heterocycles. The number of benzene rings is 1. The fourth-order valence-electron chi connectivity index (χ4n) is 2.74. The highest BCUT2D eigenvalue weighted by Gasteiger charge is 2.18. The van der Waals surface area contributed by atoms with Crippen molar-refractivity contribution in [3.05, 3.63) is 35.3 Å². The number of aromatic nitrogens is 1. The van der Waals surface area contributed by atoms with Crippen molar-refractivity contribution in [2.75, 3.05) is 30.8 Å². The van der Waals surface area contributed by atoms with Gasteiger partial charge < -0.3 is 15.4 Å². The zero-order valence-electron chi connectivity index (χ0n) is 14.3. The van der Waals surface area contributed by atoms with Crippen LogP contribution in [-0.4, -0.2) is 36.3 Å². The van der Waals surface area contributed by atoms with Crippen LogP contribution in [-0.2, 0) is 4.79 Å². The molecule has 1 aromatic carbocycles. The largest absolute Gasteiger partial charge is 0.494 e. The number of carbonyl (C=O) groups excluding carboxylic acids is 1. The zero-order valence-corrected chi connectivity index (χ0v) is 15.9. The summed E-state index contributed by atoms with van der Waals surface area (Å²) in [7, 11) is 0. The van der Waals surface area contributed by atoms with Crippen LogP contribution in [0.1, 0.15) is 30.6 Å². The summed E-state index contributed by atoms with van der Waals surface area (Å²) in [4.78, 5) is 18.8. The summed E-state index contributed by atoms with van der Waals surface area (Å²) in [5.74, 6) is 1.77. The molecule has 1 fully saturated rings. The topological polar surface area (TPSA) is 63.2 Å². The van der Waals surface area contributed by atoms with Crippen molar-refractivity contribution >= 4 is 34.1 Å². The van der Waals surface area contributed by atoms with Crippen LogP contribution in [0, 0.1) is 0 Å². The standard InChI is InChI=1S/C18H23N3O2S2/c1-2-23-14-3-5-15(6-4-14)24-12-17(22)21-18-20-11-16(25-18)13-7-9-19-10-8-13/h3-6,11,13,19H,2,7-10,12H2,1H3,(H,20,21,22). The number of ether oxygens (including phenoxy) is 1. The van der Waals surface area contributed by atoms with E-state index < -0.39 is 0 Å². The van der Waals surface area contributed by atoms with Crippen LogP contribution in [0.4, 0.5) is 5.13 Å². The predicted octanol–water partition coefficient (Wildman–Crippen LogP) is 3.74. The van der Waals surface area contributed by atoms with Gasteiger partial charge in [0.1, 0.15) is 5.75 Å². The summed E-state index contributed by atoms with van der Waals surface area (Å²) in [6.07, 6.45) is 4.20. The van der Waals surface area contributed by atoms with Crippen molar-refractivity contribution in [2.45, 2.75) is 30.6 Å². The van der Waals surface area contributed by atoms with E-state index in [4.69, 9.17) is 4.74 Å². The summed E-state index contributed by atoms with van der Waals surface area (Å²) in [5.41, 5.74) is 0. The molecule has 2 N–H and O–H groups in total. The summed E-state index contributed by atoms with van der Waals surface area (Å²) in [6.45, 7) is 4.73. The van der Waals surface area contributed by atoms with Crippen molar-refractivity contribution in [2.24, 2.45) is 0 Å². The van der Waals surface area contributed by atoms with E-state index in [2.05, 4.69) is 15.6 Å². The number of hydrogen-bond donors (Lipinski definition) is 2. The van der Waals surface area contributed by atoms with Crippen LogP contribution in [0.5, 0.6) is 5.75 Å². The number of thioether (sulfide) groups is 1. The van der Waals surface area contributed by atoms with E-state index >= 15 is 0 Å². The first-order valence-corrected chi connectivity index (χ1v) is 10.4. The molecule has 0 unspecified atom stereocenters. The molecular formula is C18H23N3O2S2. The Morgan fingerprint density at radius 1 is 1.36 bits per heavy atom. The van der Waals surface area contributed by atoms with Crippen molar-refractivity contribution in [1.29, 1.82) is 0 Å². The molecule has 1 aliphatic heterocycles. The lowest BCUT2D eigenvalue weighted by Gasteiger charge is -2.20. The maximum absolute atomic E-state index is 12.1. The molecular weight excluding hydrogens is 354 g/mol. The van der Waals surface area contributed by atoms with E-state index in [0.29, 0.717) is 23.4 Å². The van der Waals surface area contributed by atoms with Crippen LogP contribution < -0.4 is 15.4 Å². The van der Waals surface area contributed by atoms with E-state index in [0.717, 1.165) is 36.6 Å². The lowest BCUT2D eigenvalue weighted by atomic mass is 9.97. The smallest absolute Gasteiger partial charge is 0.236 e. The summed E-state index contributed by atoms with van der Waals surface area (Å²) in [5, 5.41) is 6.98. The van der Waals surface area contributed by atoms with Gasteiger partial charge in [-0.15, -0.1) is 23.1 Å². The van der Waals surface area contributed by atoms with Gasteiger partial charge in [-0.2, -0.15) is 0 Å². The Labute approximate surface area is 156 Å². The van der Waals surface area contributed by atoms with Gasteiger partial charge in [-0.25, -0.2) is 4.98 Å². The third kappa shape index (κ3) is 5.45. The first-order chi connectivity index (χ1) is 12.2. The lowest BCUT2D eigenvalue weighted by molar-refractivity contribution is -0.113. The fourth-order valence-corrected chi connectivity index (χ4v) is 4.44. The average Bonchev–Trinajstić information content (AvgIpc) is 3.11. The molecule has 0 atom stereocenters. The SMILES string of the molecule is CCOc1ccc(SCC(=O)Nc2ncc(C3CCNCC3)s2)cc1. The molecule has 3 rings (SSSR count). The van der Waals surface area contributed by atoms with Gasteiger partial charge in [-0.3, -0.25) is 4.79 Å². The van der Waals surface area contributed by atoms with Crippen molar-refractivity contribution < 1.29 is 9.53 Å². The minimum Gasteiger partial charge on any atom is -0.494 e. The predicted molar refractivity (Wildman–Crippen MR) is 104 cm³/mol. The highest BCUT2D eigenvalue weighted by molar-refractivity contribution is 8.00. The first kappa shape index (κ1) is 18.2. The Balaban J connectivity index is 1.46. The fraction of sp³-hybridized carbons (Fsp3) is 0.444. The Morgan fingerprint density at radius 3 is 2.84 bits per heavy atom. The maximum atomic E-state index is 12.1. The Morgan fingerprint density at radius 2 is 2.12 bits per heavy atom. The molecule has 1 aliphatic rings. The Hall–Kier alpha value is -1.57. The Kier molecular flexibility index (Phi) is 6.72. The quantitative estimate of drug-likeness (QED) is 0.720. The minimum atomic E-state index is -0.0231. The molecule has 134 valence electrons. The van der Waals surface area contributed by atoms with Gasteiger partial charge in [-0.05, 0) is 63.0 Å². The molecule has 7 heteroatoms. The highest BCUT2D eigenvalue weighted by Crippen LogP contribution is 2.31. The van der Waals surface area contributed by atoms with Gasteiger partial charge in [0.2, 0.25) is 5.91 Å². The highest BCUT2D eigenvalue weighted by atomic mass is 32.2. The minimum absolute atomic E-state index is 0.0231. The van der Waals surface area contributed by atoms with Crippen molar-refractivity contribution in [1.82, 2.24) is 10.3 Å². The maximum Gasteiger partial charge on any atom is 0.236 e. The summed E-state index contributed by atoms with van der Waals surface area (Å²) in [6, 6.07) is 7.80. The van der Waals surface area contributed by atoms with Crippen LogP contribution >= 0.6 is 23.1 Å². The molecule has 0 aliphatic carbocycles. The second-order valence-corrected chi connectivity index (χ2v) is 7.94. The van der Waals surface area contributed by atoms with E-state index in [1.807, 2.05) is 37.4 Å². The van der Waals surface area contributed by atoms with Gasteiger partial charge >= 0.3 is 0 Å². The van der Waals surface area contributed by atoms with E-state index in [1.165, 1.54) is 16.6 Å². The van der Waals surface area contributed by atoms with Crippen molar-refractivity contribution in [3.8, 4) is 5.75 Å². The molecule has 2 aromatic rings. The molecule has 1 saturated heterocycles. The van der Waals surface area contributed by atoms with Gasteiger partial charge in [0.25, 0.3) is 0 Å². The molecule has 1 aromatic heterocycles. The average molecular weight is 378 g/mol. The number of anilines is 1. The van der Waals surface area contributed by atoms with E-state index in [9.17, 15) is 4.79 Å². The van der Waals surface area contributed by atoms with Crippen molar-refractivity contribution in [3.63, 3.8) is 0 Å². The van der Waals surface area contributed by atoms with E-state index in [-0.39, 0.29) is 5.91 Å². The molecule has 0 spiro atoms. The van der Waals surface area contributed by atoms with Gasteiger partial charge in [-0.1, -0.05) is 0 Å². The van der Waals surface area contributed by atoms with E-state index in [1.54, 1.807) is 11.3 Å². The number of carbonyl (C=O) groups is 1. The third-order valence-electron chi connectivity index (χ3n) is 4.02. The summed E-state index contributed by atoms with van der Waals surface area (Å²) >= 11 is 3.11. The van der Waals surface area contributed by atoms with Gasteiger partial charge in [0.15, 0.2) is 5.13 Å². The normalized spacial score (nSPS) is 15.1. The monoisotopic (exact) mass is 377 g/mol. The number of piperidine rings is 1. The van der Waals surface area contributed by atoms with Gasteiger partial charge in [0.05, 0.1) is 12.4 Å². The first-order valence-electron chi connectivity index (χ1n) is 8.56. The van der Waals surface area contributed by atoms with Crippen LogP contribution in [0.3, 0.4) is 0 Å².